The van der Waals surface area contributed by atoms with Crippen LogP contribution in [0.25, 0.3) is 15.8 Å². The van der Waals surface area contributed by atoms with E-state index in [2.05, 4.69) is 45.1 Å². The molecule has 19 heteroatoms. The highest BCUT2D eigenvalue weighted by Gasteiger charge is 2.36. The Kier molecular flexibility index (Phi) is 14.6. The Bertz CT molecular complexity index is 2820. The summed E-state index contributed by atoms with van der Waals surface area (Å²) in [5, 5.41) is 24.4. The Balaban J connectivity index is 0.720. The molecule has 6 aromatic rings. The van der Waals surface area contributed by atoms with E-state index >= 15 is 0 Å². The van der Waals surface area contributed by atoms with Gasteiger partial charge in [0.05, 0.1) is 62.9 Å². The molecule has 8 rings (SSSR count). The summed E-state index contributed by atoms with van der Waals surface area (Å²) in [6, 6.07) is 18.7. The van der Waals surface area contributed by atoms with Crippen LogP contribution in [0.3, 0.4) is 0 Å². The van der Waals surface area contributed by atoms with E-state index in [1.807, 2.05) is 48.7 Å². The van der Waals surface area contributed by atoms with E-state index < -0.39 is 23.9 Å². The molecule has 0 aliphatic carbocycles. The Morgan fingerprint density at radius 1 is 0.894 bits per heavy atom. The first-order valence-corrected chi connectivity index (χ1v) is 22.9. The SMILES string of the molecule is Cc1sc2c(c1C)C(c1ccc(Cl)cc1)=N[C@@H]([C@H](C)C(=O)Nc1ccc(OCCOCCOCCOCCNc3ccc4c(=O)n(C5CCC(=O)NC5=O)ncc4c3)cc1)c1nnc(C)n1-2. The maximum atomic E-state index is 13.8. The fourth-order valence-electron chi connectivity index (χ4n) is 7.76. The van der Waals surface area contributed by atoms with E-state index in [1.54, 1.807) is 53.9 Å². The lowest BCUT2D eigenvalue weighted by Crippen LogP contribution is -2.45. The first kappa shape index (κ1) is 46.2. The smallest absolute Gasteiger partial charge is 0.275 e. The Morgan fingerprint density at radius 3 is 2.32 bits per heavy atom. The maximum Gasteiger partial charge on any atom is 0.275 e. The first-order valence-electron chi connectivity index (χ1n) is 21.7. The molecule has 1 unspecified atom stereocenters. The molecule has 17 nitrogen and oxygen atoms in total. The van der Waals surface area contributed by atoms with Crippen LogP contribution in [0.4, 0.5) is 11.4 Å². The molecule has 1 saturated heterocycles. The van der Waals surface area contributed by atoms with Gasteiger partial charge in [0.1, 0.15) is 35.3 Å². The van der Waals surface area contributed by atoms with Crippen LogP contribution in [-0.4, -0.2) is 101 Å². The van der Waals surface area contributed by atoms with Crippen LogP contribution in [0, 0.1) is 26.7 Å². The number of hydrogen-bond acceptors (Lipinski definition) is 14. The minimum atomic E-state index is -0.809. The number of hydrogen-bond donors (Lipinski definition) is 3. The minimum absolute atomic E-state index is 0.161. The molecule has 2 aliphatic heterocycles. The topological polar surface area (TPSA) is 202 Å². The summed E-state index contributed by atoms with van der Waals surface area (Å²) < 4.78 is 26.0. The van der Waals surface area contributed by atoms with Crippen molar-refractivity contribution in [3.05, 3.63) is 122 Å². The van der Waals surface area contributed by atoms with Crippen LogP contribution in [0.1, 0.15) is 65.1 Å². The molecule has 0 saturated carbocycles. The number of aromatic nitrogens is 5. The number of nitrogens with one attached hydrogen (secondary N) is 3. The number of thiophene rings is 1. The van der Waals surface area contributed by atoms with Crippen LogP contribution in [0.15, 0.2) is 82.7 Å². The molecule has 3 amide bonds. The van der Waals surface area contributed by atoms with Crippen LogP contribution in [0.5, 0.6) is 5.75 Å². The number of imide groups is 1. The molecule has 3 aromatic carbocycles. The van der Waals surface area contributed by atoms with E-state index in [0.717, 1.165) is 43.6 Å². The van der Waals surface area contributed by atoms with E-state index in [9.17, 15) is 19.2 Å². The van der Waals surface area contributed by atoms with Gasteiger partial charge in [-0.2, -0.15) is 5.10 Å². The van der Waals surface area contributed by atoms with Crippen molar-refractivity contribution >= 4 is 68.5 Å². The second-order valence-corrected chi connectivity index (χ2v) is 17.6. The van der Waals surface area contributed by atoms with Gasteiger partial charge in [0.2, 0.25) is 11.8 Å². The highest BCUT2D eigenvalue weighted by atomic mass is 35.5. The highest BCUT2D eigenvalue weighted by molar-refractivity contribution is 7.15. The number of fused-ring (bicyclic) bond motifs is 4. The van der Waals surface area contributed by atoms with Gasteiger partial charge in [0.25, 0.3) is 11.5 Å². The number of amides is 3. The van der Waals surface area contributed by atoms with Gasteiger partial charge in [-0.1, -0.05) is 30.7 Å². The summed E-state index contributed by atoms with van der Waals surface area (Å²) in [6.45, 7) is 11.3. The van der Waals surface area contributed by atoms with Crippen molar-refractivity contribution < 1.29 is 33.3 Å². The summed E-state index contributed by atoms with van der Waals surface area (Å²) in [7, 11) is 0. The molecule has 3 N–H and O–H groups in total. The summed E-state index contributed by atoms with van der Waals surface area (Å²) >= 11 is 7.93. The van der Waals surface area contributed by atoms with Gasteiger partial charge in [0, 0.05) is 50.8 Å². The normalized spacial score (nSPS) is 16.2. The fraction of sp³-hybridized carbons (Fsp3) is 0.362. The summed E-state index contributed by atoms with van der Waals surface area (Å²) in [5.41, 5.74) is 4.86. The van der Waals surface area contributed by atoms with Crippen molar-refractivity contribution in [2.24, 2.45) is 10.9 Å². The third kappa shape index (κ3) is 10.4. The maximum absolute atomic E-state index is 13.8. The predicted molar refractivity (Wildman–Crippen MR) is 251 cm³/mol. The predicted octanol–water partition coefficient (Wildman–Crippen LogP) is 6.30. The second-order valence-electron chi connectivity index (χ2n) is 15.9. The molecule has 2 aliphatic rings. The zero-order chi connectivity index (χ0) is 46.3. The summed E-state index contributed by atoms with van der Waals surface area (Å²) in [5.74, 6) is 0.308. The molecule has 344 valence electrons. The molecule has 5 heterocycles. The number of rotatable bonds is 19. The lowest BCUT2D eigenvalue weighted by molar-refractivity contribution is -0.136. The standard InChI is InChI=1S/C47H50ClN9O8S/c1-27-29(3)66-47-40(27)42(31-5-7-33(48)8-6-31)53-41(43-55-54-30(4)56(43)47)28(2)44(59)51-34-9-12-36(13-10-34)65-24-23-64-22-21-63-20-19-62-18-17-49-35-11-14-37-32(25-35)26-50-57(46(37)61)38-15-16-39(58)52-45(38)60/h5-14,25-26,28,38,41,49H,15-24H2,1-4H3,(H,51,59)(H,52,58,60)/t28-,38?,41-/m0/s1. The zero-order valence-electron chi connectivity index (χ0n) is 37.0. The second kappa shape index (κ2) is 20.9. The van der Waals surface area contributed by atoms with Gasteiger partial charge in [-0.05, 0) is 87.4 Å². The number of ether oxygens (including phenoxy) is 4. The van der Waals surface area contributed by atoms with Gasteiger partial charge in [-0.25, -0.2) is 4.68 Å². The molecular weight excluding hydrogens is 886 g/mol. The van der Waals surface area contributed by atoms with E-state index in [-0.39, 0.29) is 30.2 Å². The van der Waals surface area contributed by atoms with Crippen molar-refractivity contribution in [2.75, 3.05) is 63.4 Å². The monoisotopic (exact) mass is 935 g/mol. The first-order chi connectivity index (χ1) is 32.0. The lowest BCUT2D eigenvalue weighted by Gasteiger charge is -2.21. The largest absolute Gasteiger partial charge is 0.491 e. The van der Waals surface area contributed by atoms with Crippen molar-refractivity contribution in [1.82, 2.24) is 29.9 Å². The number of aryl methyl sites for hydroxylation is 2. The molecule has 0 bridgehead atoms. The molecular formula is C47H50ClN9O8S. The number of carbonyl (C=O) groups excluding carboxylic acids is 3. The van der Waals surface area contributed by atoms with Gasteiger partial charge in [0.15, 0.2) is 5.82 Å². The van der Waals surface area contributed by atoms with E-state index in [4.69, 9.17) is 35.5 Å². The van der Waals surface area contributed by atoms with Crippen molar-refractivity contribution in [3.63, 3.8) is 0 Å². The van der Waals surface area contributed by atoms with Crippen LogP contribution in [0.2, 0.25) is 5.02 Å². The number of carbonyl (C=O) groups is 3. The number of aliphatic imine (C=N–C) groups is 1. The Hall–Kier alpha value is -6.31. The molecule has 0 radical (unpaired) electrons. The quantitative estimate of drug-likeness (QED) is 0.0605. The fourth-order valence-corrected chi connectivity index (χ4v) is 9.10. The van der Waals surface area contributed by atoms with Crippen molar-refractivity contribution in [3.8, 4) is 10.8 Å². The molecule has 0 spiro atoms. The molecule has 1 fully saturated rings. The van der Waals surface area contributed by atoms with E-state index in [0.29, 0.717) is 85.8 Å². The van der Waals surface area contributed by atoms with Crippen LogP contribution < -0.4 is 26.2 Å². The Morgan fingerprint density at radius 2 is 1.59 bits per heavy atom. The number of piperidine rings is 1. The summed E-state index contributed by atoms with van der Waals surface area (Å²) in [6.07, 6.45) is 1.94. The average Bonchev–Trinajstić information content (AvgIpc) is 3.78. The zero-order valence-corrected chi connectivity index (χ0v) is 38.5. The van der Waals surface area contributed by atoms with Gasteiger partial charge >= 0.3 is 0 Å². The Labute approximate surface area is 389 Å². The van der Waals surface area contributed by atoms with Gasteiger partial charge in [-0.15, -0.1) is 21.5 Å². The highest BCUT2D eigenvalue weighted by Crippen LogP contribution is 2.41. The average molecular weight is 936 g/mol. The van der Waals surface area contributed by atoms with Crippen LogP contribution >= 0.6 is 22.9 Å². The number of benzene rings is 3. The molecule has 66 heavy (non-hydrogen) atoms. The molecule has 3 aromatic heterocycles. The third-order valence-electron chi connectivity index (χ3n) is 11.4. The van der Waals surface area contributed by atoms with Gasteiger partial charge < -0.3 is 29.6 Å². The molecule has 3 atom stereocenters. The van der Waals surface area contributed by atoms with Crippen LogP contribution in [-0.2, 0) is 28.6 Å². The number of halogens is 1. The van der Waals surface area contributed by atoms with Crippen molar-refractivity contribution in [2.45, 2.75) is 52.6 Å². The van der Waals surface area contributed by atoms with Crippen molar-refractivity contribution in [1.29, 1.82) is 0 Å². The summed E-state index contributed by atoms with van der Waals surface area (Å²) in [4.78, 5) is 57.0. The number of nitrogens with zero attached hydrogens (tertiary/aromatic N) is 6. The van der Waals surface area contributed by atoms with Gasteiger partial charge in [-0.3, -0.25) is 34.1 Å². The minimum Gasteiger partial charge on any atom is -0.491 e. The number of anilines is 2. The third-order valence-corrected chi connectivity index (χ3v) is 12.9. The lowest BCUT2D eigenvalue weighted by atomic mass is 9.97. The van der Waals surface area contributed by atoms with E-state index in [1.165, 1.54) is 4.88 Å².